The third kappa shape index (κ3) is 5.93. The Morgan fingerprint density at radius 1 is 1.18 bits per heavy atom. The number of hydrogen-bond acceptors (Lipinski definition) is 4. The molecule has 1 saturated carbocycles. The third-order valence-electron chi connectivity index (χ3n) is 6.19. The second-order valence-corrected chi connectivity index (χ2v) is 9.52. The summed E-state index contributed by atoms with van der Waals surface area (Å²) in [5, 5.41) is 2.93. The third-order valence-corrected chi connectivity index (χ3v) is 6.19. The van der Waals surface area contributed by atoms with Crippen molar-refractivity contribution in [3.05, 3.63) is 59.2 Å². The van der Waals surface area contributed by atoms with Crippen molar-refractivity contribution in [1.29, 1.82) is 0 Å². The van der Waals surface area contributed by atoms with Gasteiger partial charge in [-0.05, 0) is 67.0 Å². The van der Waals surface area contributed by atoms with Gasteiger partial charge < -0.3 is 14.8 Å². The Labute approximate surface area is 199 Å². The van der Waals surface area contributed by atoms with Crippen LogP contribution in [0.1, 0.15) is 55.8 Å². The summed E-state index contributed by atoms with van der Waals surface area (Å²) in [6.45, 7) is 4.44. The first-order chi connectivity index (χ1) is 16.3. The molecule has 5 nitrogen and oxygen atoms in total. The first-order valence-corrected chi connectivity index (χ1v) is 11.9. The molecule has 1 aliphatic carbocycles. The molecule has 7 heteroatoms. The number of hydrogen-bond donors (Lipinski definition) is 1. The number of nitrogens with zero attached hydrogens (tertiary/aromatic N) is 1. The van der Waals surface area contributed by atoms with Crippen LogP contribution in [0.25, 0.3) is 0 Å². The van der Waals surface area contributed by atoms with Gasteiger partial charge in [-0.2, -0.15) is 0 Å². The van der Waals surface area contributed by atoms with Crippen LogP contribution >= 0.6 is 0 Å². The molecule has 1 aliphatic heterocycles. The highest BCUT2D eigenvalue weighted by Crippen LogP contribution is 2.52. The minimum absolute atomic E-state index is 0.0308. The molecule has 0 spiro atoms. The summed E-state index contributed by atoms with van der Waals surface area (Å²) in [5.41, 5.74) is 1.54. The molecule has 1 amide bonds. The zero-order valence-electron chi connectivity index (χ0n) is 19.9. The van der Waals surface area contributed by atoms with E-state index in [2.05, 4.69) is 10.3 Å². The summed E-state index contributed by atoms with van der Waals surface area (Å²) in [6, 6.07) is 12.1. The maximum atomic E-state index is 15.1. The number of rotatable bonds is 12. The number of nitrogens with one attached hydrogen (secondary N) is 1. The number of aliphatic imine (C=N–C) groups is 1. The minimum Gasteiger partial charge on any atom is -0.497 e. The fourth-order valence-corrected chi connectivity index (χ4v) is 4.10. The largest absolute Gasteiger partial charge is 0.497 e. The first-order valence-electron chi connectivity index (χ1n) is 11.9. The molecule has 0 bridgehead atoms. The van der Waals surface area contributed by atoms with Crippen molar-refractivity contribution in [2.24, 2.45) is 16.8 Å². The second kappa shape index (κ2) is 10.1. The molecule has 1 fully saturated rings. The van der Waals surface area contributed by atoms with Crippen LogP contribution in [0.2, 0.25) is 0 Å². The average Bonchev–Trinajstić information content (AvgIpc) is 3.71. The lowest BCUT2D eigenvalue weighted by Gasteiger charge is -2.23. The molecule has 2 aliphatic rings. The maximum absolute atomic E-state index is 15.1. The van der Waals surface area contributed by atoms with Crippen LogP contribution in [0.15, 0.2) is 47.5 Å². The smallest absolute Gasteiger partial charge is 0.276 e. The monoisotopic (exact) mass is 470 g/mol. The number of carbonyl (C=O) groups is 1. The maximum Gasteiger partial charge on any atom is 0.276 e. The number of ether oxygens (including phenoxy) is 2. The summed E-state index contributed by atoms with van der Waals surface area (Å²) in [6.07, 6.45) is 3.07. The Balaban J connectivity index is 1.44. The van der Waals surface area contributed by atoms with Crippen LogP contribution in [0.5, 0.6) is 11.5 Å². The molecular formula is C27H32F2N2O3. The van der Waals surface area contributed by atoms with Gasteiger partial charge in [-0.15, -0.1) is 0 Å². The first kappa shape index (κ1) is 24.2. The van der Waals surface area contributed by atoms with Gasteiger partial charge in [-0.1, -0.05) is 32.0 Å². The summed E-state index contributed by atoms with van der Waals surface area (Å²) in [5.74, 6) is -2.56. The highest BCUT2D eigenvalue weighted by atomic mass is 19.3. The van der Waals surface area contributed by atoms with Crippen molar-refractivity contribution < 1.29 is 23.0 Å². The fourth-order valence-electron chi connectivity index (χ4n) is 4.10. The standard InChI is InChI=1S/C27H32F2N2O3/c1-17(2)13-25(26(32)30-12-11-18-5-4-6-20(14-18)33-3)34-21-9-10-22(24-16-31-24)23(15-21)27(28,29)19-7-8-19/h4-6,9-10,14-17,19,24-25H,7-8,11-13H2,1-3H3,(H,30,32). The molecule has 0 saturated heterocycles. The summed E-state index contributed by atoms with van der Waals surface area (Å²) in [7, 11) is 1.62. The second-order valence-electron chi connectivity index (χ2n) is 9.52. The van der Waals surface area contributed by atoms with Crippen LogP contribution in [0.3, 0.4) is 0 Å². The molecule has 182 valence electrons. The van der Waals surface area contributed by atoms with E-state index < -0.39 is 17.9 Å². The molecule has 1 N–H and O–H groups in total. The van der Waals surface area contributed by atoms with Crippen molar-refractivity contribution in [3.63, 3.8) is 0 Å². The van der Waals surface area contributed by atoms with E-state index in [9.17, 15) is 4.79 Å². The lowest BCUT2D eigenvalue weighted by molar-refractivity contribution is -0.128. The van der Waals surface area contributed by atoms with Gasteiger partial charge in [-0.3, -0.25) is 9.79 Å². The lowest BCUT2D eigenvalue weighted by Crippen LogP contribution is -2.40. The van der Waals surface area contributed by atoms with Gasteiger partial charge in [0.2, 0.25) is 0 Å². The lowest BCUT2D eigenvalue weighted by atomic mass is 9.95. The van der Waals surface area contributed by atoms with Crippen LogP contribution in [0.4, 0.5) is 8.78 Å². The Bertz CT molecular complexity index is 1040. The van der Waals surface area contributed by atoms with E-state index >= 15 is 8.78 Å². The van der Waals surface area contributed by atoms with Crippen molar-refractivity contribution in [2.45, 2.75) is 57.6 Å². The van der Waals surface area contributed by atoms with Crippen LogP contribution in [0, 0.1) is 11.8 Å². The molecule has 34 heavy (non-hydrogen) atoms. The van der Waals surface area contributed by atoms with Gasteiger partial charge in [0.25, 0.3) is 11.8 Å². The van der Waals surface area contributed by atoms with Gasteiger partial charge in [0.05, 0.1) is 7.11 Å². The van der Waals surface area contributed by atoms with Crippen LogP contribution < -0.4 is 14.8 Å². The highest BCUT2D eigenvalue weighted by molar-refractivity contribution is 5.82. The van der Waals surface area contributed by atoms with E-state index in [1.54, 1.807) is 25.5 Å². The number of methoxy groups -OCH3 is 1. The van der Waals surface area contributed by atoms with E-state index in [1.807, 2.05) is 38.1 Å². The van der Waals surface area contributed by atoms with Crippen LogP contribution in [-0.2, 0) is 17.1 Å². The Morgan fingerprint density at radius 3 is 2.59 bits per heavy atom. The molecular weight excluding hydrogens is 438 g/mol. The molecule has 2 atom stereocenters. The van der Waals surface area contributed by atoms with E-state index in [4.69, 9.17) is 9.47 Å². The Hall–Kier alpha value is -2.96. The fraction of sp³-hybridized carbons (Fsp3) is 0.481. The van der Waals surface area contributed by atoms with Crippen LogP contribution in [-0.4, -0.2) is 31.9 Å². The zero-order chi connectivity index (χ0) is 24.3. The Morgan fingerprint density at radius 2 is 1.94 bits per heavy atom. The van der Waals surface area contributed by atoms with Crippen molar-refractivity contribution in [1.82, 2.24) is 5.32 Å². The van der Waals surface area contributed by atoms with Gasteiger partial charge >= 0.3 is 0 Å². The number of alkyl halides is 2. The topological polar surface area (TPSA) is 59.9 Å². The minimum atomic E-state index is -2.92. The summed E-state index contributed by atoms with van der Waals surface area (Å²) < 4.78 is 41.4. The number of benzene rings is 2. The van der Waals surface area contributed by atoms with E-state index in [-0.39, 0.29) is 29.2 Å². The van der Waals surface area contributed by atoms with Crippen molar-refractivity contribution >= 4 is 12.1 Å². The zero-order valence-corrected chi connectivity index (χ0v) is 19.9. The number of carbonyl (C=O) groups excluding carboxylic acids is 1. The molecule has 0 aromatic heterocycles. The number of amides is 1. The van der Waals surface area contributed by atoms with E-state index in [1.165, 1.54) is 6.07 Å². The van der Waals surface area contributed by atoms with Gasteiger partial charge in [0.1, 0.15) is 17.5 Å². The summed E-state index contributed by atoms with van der Waals surface area (Å²) >= 11 is 0. The molecule has 2 aromatic rings. The highest BCUT2D eigenvalue weighted by Gasteiger charge is 2.50. The quantitative estimate of drug-likeness (QED) is 0.447. The molecule has 0 radical (unpaired) electrons. The molecule has 2 aromatic carbocycles. The predicted octanol–water partition coefficient (Wildman–Crippen LogP) is 5.47. The average molecular weight is 471 g/mol. The normalized spacial score (nSPS) is 18.0. The van der Waals surface area contributed by atoms with Gasteiger partial charge in [-0.25, -0.2) is 8.78 Å². The van der Waals surface area contributed by atoms with Crippen molar-refractivity contribution in [3.8, 4) is 11.5 Å². The van der Waals surface area contributed by atoms with Gasteiger partial charge in [0.15, 0.2) is 6.10 Å². The van der Waals surface area contributed by atoms with E-state index in [0.717, 1.165) is 11.3 Å². The van der Waals surface area contributed by atoms with Gasteiger partial charge in [0, 0.05) is 24.2 Å². The molecule has 4 rings (SSSR count). The predicted molar refractivity (Wildman–Crippen MR) is 128 cm³/mol. The van der Waals surface area contributed by atoms with E-state index in [0.29, 0.717) is 37.8 Å². The SMILES string of the molecule is COc1cccc(CCNC(=O)C(CC(C)C)Oc2ccc(C3C=N3)c(C(F)(F)C3CC3)c2)c1. The Kier molecular flexibility index (Phi) is 7.19. The molecule has 2 unspecified atom stereocenters. The summed E-state index contributed by atoms with van der Waals surface area (Å²) in [4.78, 5) is 17.0. The molecule has 1 heterocycles. The van der Waals surface area contributed by atoms with Crippen molar-refractivity contribution in [2.75, 3.05) is 13.7 Å². The number of halogens is 2.